The molecule has 14 heavy (non-hydrogen) atoms. The monoisotopic (exact) mass is 200 g/mol. The first-order valence-electron chi connectivity index (χ1n) is 5.13. The number of esters is 1. The highest BCUT2D eigenvalue weighted by Gasteiger charge is 2.12. The SMILES string of the molecule is C=C(C(=O)OCCCCCC)C(C)O. The van der Waals surface area contributed by atoms with E-state index in [9.17, 15) is 4.79 Å². The van der Waals surface area contributed by atoms with Gasteiger partial charge in [-0.1, -0.05) is 32.8 Å². The molecule has 0 aliphatic heterocycles. The molecule has 0 saturated carbocycles. The van der Waals surface area contributed by atoms with Crippen LogP contribution in [0.2, 0.25) is 0 Å². The van der Waals surface area contributed by atoms with Crippen molar-refractivity contribution in [3.63, 3.8) is 0 Å². The molecule has 0 aromatic rings. The molecule has 1 atom stereocenters. The average Bonchev–Trinajstić information content (AvgIpc) is 2.16. The summed E-state index contributed by atoms with van der Waals surface area (Å²) in [6, 6.07) is 0. The van der Waals surface area contributed by atoms with Gasteiger partial charge in [-0.2, -0.15) is 0 Å². The topological polar surface area (TPSA) is 46.5 Å². The Labute approximate surface area is 85.8 Å². The van der Waals surface area contributed by atoms with E-state index < -0.39 is 12.1 Å². The maximum atomic E-state index is 11.1. The number of hydrogen-bond donors (Lipinski definition) is 1. The molecule has 0 aliphatic carbocycles. The van der Waals surface area contributed by atoms with Gasteiger partial charge in [0.05, 0.1) is 18.3 Å². The standard InChI is InChI=1S/C11H20O3/c1-4-5-6-7-8-14-11(13)9(2)10(3)12/h10,12H,2,4-8H2,1,3H3. The summed E-state index contributed by atoms with van der Waals surface area (Å²) < 4.78 is 4.91. The van der Waals surface area contributed by atoms with Crippen LogP contribution in [0.15, 0.2) is 12.2 Å². The van der Waals surface area contributed by atoms with Gasteiger partial charge in [0.2, 0.25) is 0 Å². The first kappa shape index (κ1) is 13.2. The van der Waals surface area contributed by atoms with Gasteiger partial charge in [0, 0.05) is 0 Å². The molecule has 0 bridgehead atoms. The van der Waals surface area contributed by atoms with Gasteiger partial charge in [-0.25, -0.2) is 4.79 Å². The summed E-state index contributed by atoms with van der Waals surface area (Å²) in [6.07, 6.45) is 3.46. The zero-order valence-electron chi connectivity index (χ0n) is 9.08. The molecule has 1 N–H and O–H groups in total. The molecular formula is C11H20O3. The number of ether oxygens (including phenoxy) is 1. The summed E-state index contributed by atoms with van der Waals surface area (Å²) in [6.45, 7) is 7.49. The predicted octanol–water partition coefficient (Wildman–Crippen LogP) is 2.05. The van der Waals surface area contributed by atoms with Crippen molar-refractivity contribution < 1.29 is 14.6 Å². The maximum absolute atomic E-state index is 11.1. The van der Waals surface area contributed by atoms with Crippen molar-refractivity contribution in [2.45, 2.75) is 45.6 Å². The minimum Gasteiger partial charge on any atom is -0.462 e. The number of rotatable bonds is 7. The Hall–Kier alpha value is -0.830. The smallest absolute Gasteiger partial charge is 0.336 e. The highest BCUT2D eigenvalue weighted by Crippen LogP contribution is 2.03. The molecule has 0 heterocycles. The Balaban J connectivity index is 3.49. The summed E-state index contributed by atoms with van der Waals surface area (Å²) in [5, 5.41) is 9.03. The van der Waals surface area contributed by atoms with Crippen LogP contribution in [0.25, 0.3) is 0 Å². The van der Waals surface area contributed by atoms with E-state index in [2.05, 4.69) is 13.5 Å². The second-order valence-electron chi connectivity index (χ2n) is 3.40. The van der Waals surface area contributed by atoms with Crippen LogP contribution in [-0.4, -0.2) is 23.8 Å². The summed E-state index contributed by atoms with van der Waals surface area (Å²) in [7, 11) is 0. The lowest BCUT2D eigenvalue weighted by Gasteiger charge is -2.08. The van der Waals surface area contributed by atoms with Crippen LogP contribution in [0.1, 0.15) is 39.5 Å². The van der Waals surface area contributed by atoms with Crippen molar-refractivity contribution in [3.05, 3.63) is 12.2 Å². The van der Waals surface area contributed by atoms with Gasteiger partial charge < -0.3 is 9.84 Å². The zero-order chi connectivity index (χ0) is 11.0. The van der Waals surface area contributed by atoms with Crippen LogP contribution in [0.3, 0.4) is 0 Å². The van der Waals surface area contributed by atoms with Crippen LogP contribution < -0.4 is 0 Å². The fourth-order valence-electron chi connectivity index (χ4n) is 0.957. The number of hydrogen-bond acceptors (Lipinski definition) is 3. The normalized spacial score (nSPS) is 12.2. The lowest BCUT2D eigenvalue weighted by molar-refractivity contribution is -0.140. The molecule has 1 unspecified atom stereocenters. The van der Waals surface area contributed by atoms with Crippen molar-refractivity contribution in [1.82, 2.24) is 0 Å². The Kier molecular flexibility index (Phi) is 7.11. The number of aliphatic hydroxyl groups excluding tert-OH is 1. The first-order chi connectivity index (χ1) is 6.59. The highest BCUT2D eigenvalue weighted by molar-refractivity contribution is 5.88. The highest BCUT2D eigenvalue weighted by atomic mass is 16.5. The van der Waals surface area contributed by atoms with Crippen LogP contribution in [0.4, 0.5) is 0 Å². The fourth-order valence-corrected chi connectivity index (χ4v) is 0.957. The third kappa shape index (κ3) is 5.75. The van der Waals surface area contributed by atoms with Gasteiger partial charge in [0.1, 0.15) is 0 Å². The van der Waals surface area contributed by atoms with E-state index in [1.807, 2.05) is 0 Å². The lowest BCUT2D eigenvalue weighted by atomic mass is 10.2. The molecule has 0 saturated heterocycles. The quantitative estimate of drug-likeness (QED) is 0.388. The Bertz CT molecular complexity index is 185. The van der Waals surface area contributed by atoms with Crippen LogP contribution in [0, 0.1) is 0 Å². The summed E-state index contributed by atoms with van der Waals surface area (Å²) in [5.41, 5.74) is 0.125. The Morgan fingerprint density at radius 3 is 2.57 bits per heavy atom. The second-order valence-corrected chi connectivity index (χ2v) is 3.40. The van der Waals surface area contributed by atoms with Gasteiger partial charge >= 0.3 is 5.97 Å². The Morgan fingerprint density at radius 1 is 1.43 bits per heavy atom. The summed E-state index contributed by atoms with van der Waals surface area (Å²) in [4.78, 5) is 11.1. The zero-order valence-corrected chi connectivity index (χ0v) is 9.08. The van der Waals surface area contributed by atoms with Crippen molar-refractivity contribution >= 4 is 5.97 Å². The molecular weight excluding hydrogens is 180 g/mol. The van der Waals surface area contributed by atoms with E-state index in [0.29, 0.717) is 6.61 Å². The summed E-state index contributed by atoms with van der Waals surface area (Å²) >= 11 is 0. The number of aliphatic hydroxyl groups is 1. The molecule has 0 aromatic carbocycles. The average molecular weight is 200 g/mol. The number of unbranched alkanes of at least 4 members (excludes halogenated alkanes) is 3. The molecule has 3 heteroatoms. The van der Waals surface area contributed by atoms with Crippen LogP contribution in [-0.2, 0) is 9.53 Å². The minimum absolute atomic E-state index is 0.125. The van der Waals surface area contributed by atoms with Gasteiger partial charge in [0.15, 0.2) is 0 Å². The maximum Gasteiger partial charge on any atom is 0.336 e. The molecule has 0 aliphatic rings. The van der Waals surface area contributed by atoms with E-state index in [0.717, 1.165) is 25.7 Å². The minimum atomic E-state index is -0.821. The number of carbonyl (C=O) groups excluding carboxylic acids is 1. The van der Waals surface area contributed by atoms with E-state index in [4.69, 9.17) is 9.84 Å². The van der Waals surface area contributed by atoms with Gasteiger partial charge in [-0.15, -0.1) is 0 Å². The second kappa shape index (κ2) is 7.56. The molecule has 0 rings (SSSR count). The predicted molar refractivity (Wildman–Crippen MR) is 55.9 cm³/mol. The molecule has 82 valence electrons. The van der Waals surface area contributed by atoms with E-state index in [1.165, 1.54) is 6.92 Å². The van der Waals surface area contributed by atoms with Gasteiger partial charge in [-0.3, -0.25) is 0 Å². The largest absolute Gasteiger partial charge is 0.462 e. The summed E-state index contributed by atoms with van der Waals surface area (Å²) in [5.74, 6) is -0.489. The Morgan fingerprint density at radius 2 is 2.07 bits per heavy atom. The third-order valence-electron chi connectivity index (χ3n) is 2.00. The van der Waals surface area contributed by atoms with E-state index >= 15 is 0 Å². The third-order valence-corrected chi connectivity index (χ3v) is 2.00. The number of carbonyl (C=O) groups is 1. The van der Waals surface area contributed by atoms with Gasteiger partial charge in [-0.05, 0) is 13.3 Å². The molecule has 3 nitrogen and oxygen atoms in total. The van der Waals surface area contributed by atoms with Crippen molar-refractivity contribution in [3.8, 4) is 0 Å². The van der Waals surface area contributed by atoms with E-state index in [1.54, 1.807) is 0 Å². The molecule has 0 spiro atoms. The van der Waals surface area contributed by atoms with Crippen LogP contribution in [0.5, 0.6) is 0 Å². The van der Waals surface area contributed by atoms with Crippen molar-refractivity contribution in [2.75, 3.05) is 6.61 Å². The van der Waals surface area contributed by atoms with Crippen LogP contribution >= 0.6 is 0 Å². The molecule has 0 amide bonds. The molecule has 0 radical (unpaired) electrons. The fraction of sp³-hybridized carbons (Fsp3) is 0.727. The van der Waals surface area contributed by atoms with Crippen molar-refractivity contribution in [2.24, 2.45) is 0 Å². The van der Waals surface area contributed by atoms with Gasteiger partial charge in [0.25, 0.3) is 0 Å². The first-order valence-corrected chi connectivity index (χ1v) is 5.13. The van der Waals surface area contributed by atoms with Crippen molar-refractivity contribution in [1.29, 1.82) is 0 Å². The molecule has 0 fully saturated rings. The van der Waals surface area contributed by atoms with E-state index in [-0.39, 0.29) is 5.57 Å². The lowest BCUT2D eigenvalue weighted by Crippen LogP contribution is -2.16. The molecule has 0 aromatic heterocycles.